The summed E-state index contributed by atoms with van der Waals surface area (Å²) in [6, 6.07) is 4.19. The fourth-order valence-electron chi connectivity index (χ4n) is 1.87. The molecule has 0 aliphatic heterocycles. The molecule has 0 radical (unpaired) electrons. The molecule has 120 valence electrons. The lowest BCUT2D eigenvalue weighted by atomic mass is 10.2. The highest BCUT2D eigenvalue weighted by Gasteiger charge is 1.98. The maximum Gasteiger partial charge on any atom is 0.191 e. The number of aliphatic imine (C=N–C) groups is 1. The van der Waals surface area contributed by atoms with Crippen molar-refractivity contribution in [2.75, 3.05) is 19.6 Å². The van der Waals surface area contributed by atoms with E-state index in [1.165, 1.54) is 18.4 Å². The molecule has 0 fully saturated rings. The third kappa shape index (κ3) is 9.66. The van der Waals surface area contributed by atoms with Gasteiger partial charge in [-0.25, -0.2) is 0 Å². The van der Waals surface area contributed by atoms with Crippen LogP contribution >= 0.6 is 24.0 Å². The number of aromatic nitrogens is 1. The van der Waals surface area contributed by atoms with Crippen molar-refractivity contribution in [2.24, 2.45) is 4.99 Å². The quantitative estimate of drug-likeness (QED) is 0.303. The summed E-state index contributed by atoms with van der Waals surface area (Å²) in [5.74, 6) is 0.920. The Balaban J connectivity index is 0.00000400. The largest absolute Gasteiger partial charge is 0.357 e. The van der Waals surface area contributed by atoms with E-state index in [2.05, 4.69) is 46.6 Å². The molecule has 0 atom stereocenters. The van der Waals surface area contributed by atoms with Crippen LogP contribution in [0.4, 0.5) is 0 Å². The minimum absolute atomic E-state index is 0. The molecule has 0 amide bonds. The molecular formula is C16H29IN4. The number of rotatable bonds is 8. The Morgan fingerprint density at radius 2 is 2.00 bits per heavy atom. The van der Waals surface area contributed by atoms with E-state index in [4.69, 9.17) is 0 Å². The second-order valence-electron chi connectivity index (χ2n) is 4.95. The first-order valence-electron chi connectivity index (χ1n) is 7.70. The molecule has 0 aliphatic rings. The molecule has 1 aromatic rings. The molecule has 1 aromatic heterocycles. The van der Waals surface area contributed by atoms with Gasteiger partial charge in [-0.15, -0.1) is 24.0 Å². The molecule has 0 aromatic carbocycles. The molecule has 1 heterocycles. The number of guanidine groups is 1. The lowest BCUT2D eigenvalue weighted by molar-refractivity contribution is 0.716. The highest BCUT2D eigenvalue weighted by Crippen LogP contribution is 1.99. The van der Waals surface area contributed by atoms with Gasteiger partial charge in [-0.1, -0.05) is 25.8 Å². The Bertz CT molecular complexity index is 390. The zero-order valence-electron chi connectivity index (χ0n) is 13.5. The van der Waals surface area contributed by atoms with E-state index in [0.29, 0.717) is 0 Å². The average molecular weight is 404 g/mol. The maximum atomic E-state index is 4.58. The van der Waals surface area contributed by atoms with E-state index in [0.717, 1.165) is 44.1 Å². The van der Waals surface area contributed by atoms with Crippen LogP contribution in [0.15, 0.2) is 23.3 Å². The molecule has 0 unspecified atom stereocenters. The van der Waals surface area contributed by atoms with Crippen molar-refractivity contribution in [2.45, 2.75) is 46.5 Å². The Hall–Kier alpha value is -0.850. The van der Waals surface area contributed by atoms with E-state index in [9.17, 15) is 0 Å². The minimum Gasteiger partial charge on any atom is -0.357 e. The van der Waals surface area contributed by atoms with Gasteiger partial charge in [0, 0.05) is 31.5 Å². The lowest BCUT2D eigenvalue weighted by Crippen LogP contribution is -2.38. The van der Waals surface area contributed by atoms with Crippen molar-refractivity contribution in [3.63, 3.8) is 0 Å². The number of pyridine rings is 1. The number of nitrogens with one attached hydrogen (secondary N) is 2. The first-order valence-corrected chi connectivity index (χ1v) is 7.70. The number of nitrogens with zero attached hydrogens (tertiary/aromatic N) is 2. The number of aryl methyl sites for hydroxylation is 1. The van der Waals surface area contributed by atoms with E-state index in [-0.39, 0.29) is 24.0 Å². The topological polar surface area (TPSA) is 49.3 Å². The first kappa shape index (κ1) is 20.1. The summed E-state index contributed by atoms with van der Waals surface area (Å²) in [4.78, 5) is 8.88. The third-order valence-electron chi connectivity index (χ3n) is 3.05. The molecule has 0 aliphatic carbocycles. The van der Waals surface area contributed by atoms with Crippen LogP contribution in [0.25, 0.3) is 0 Å². The van der Waals surface area contributed by atoms with Gasteiger partial charge in [0.05, 0.1) is 0 Å². The van der Waals surface area contributed by atoms with Crippen LogP contribution in [0.3, 0.4) is 0 Å². The van der Waals surface area contributed by atoms with Gasteiger partial charge in [0.15, 0.2) is 5.96 Å². The van der Waals surface area contributed by atoms with Crippen LogP contribution in [0, 0.1) is 6.92 Å². The fraction of sp³-hybridized carbons (Fsp3) is 0.625. The van der Waals surface area contributed by atoms with E-state index in [1.807, 2.05) is 13.1 Å². The lowest BCUT2D eigenvalue weighted by Gasteiger charge is -2.11. The van der Waals surface area contributed by atoms with Crippen molar-refractivity contribution in [1.29, 1.82) is 0 Å². The van der Waals surface area contributed by atoms with Crippen LogP contribution in [0.2, 0.25) is 0 Å². The average Bonchev–Trinajstić information content (AvgIpc) is 2.45. The second kappa shape index (κ2) is 12.9. The van der Waals surface area contributed by atoms with Gasteiger partial charge in [-0.3, -0.25) is 9.98 Å². The highest BCUT2D eigenvalue weighted by molar-refractivity contribution is 14.0. The van der Waals surface area contributed by atoms with Crippen LogP contribution in [-0.4, -0.2) is 30.6 Å². The van der Waals surface area contributed by atoms with Crippen LogP contribution in [0.1, 0.15) is 44.4 Å². The molecule has 0 bridgehead atoms. The summed E-state index contributed by atoms with van der Waals surface area (Å²) in [6.45, 7) is 8.98. The van der Waals surface area contributed by atoms with Gasteiger partial charge >= 0.3 is 0 Å². The van der Waals surface area contributed by atoms with E-state index >= 15 is 0 Å². The molecule has 4 nitrogen and oxygen atoms in total. The smallest absolute Gasteiger partial charge is 0.191 e. The third-order valence-corrected chi connectivity index (χ3v) is 3.05. The molecule has 2 N–H and O–H groups in total. The summed E-state index contributed by atoms with van der Waals surface area (Å²) < 4.78 is 0. The first-order chi connectivity index (χ1) is 9.76. The van der Waals surface area contributed by atoms with Gasteiger partial charge in [-0.05, 0) is 38.3 Å². The fourth-order valence-corrected chi connectivity index (χ4v) is 1.87. The Morgan fingerprint density at radius 1 is 1.19 bits per heavy atom. The number of unbranched alkanes of at least 4 members (excludes halogenated alkanes) is 2. The minimum atomic E-state index is 0. The normalized spacial score (nSPS) is 10.9. The van der Waals surface area contributed by atoms with Gasteiger partial charge in [0.2, 0.25) is 0 Å². The van der Waals surface area contributed by atoms with Crippen molar-refractivity contribution in [3.05, 3.63) is 29.6 Å². The Kier molecular flexibility index (Phi) is 12.3. The Morgan fingerprint density at radius 3 is 2.62 bits per heavy atom. The summed E-state index contributed by atoms with van der Waals surface area (Å²) in [6.07, 6.45) is 6.56. The molecule has 5 heteroatoms. The van der Waals surface area contributed by atoms with Crippen LogP contribution < -0.4 is 10.6 Å². The van der Waals surface area contributed by atoms with Gasteiger partial charge in [0.1, 0.15) is 0 Å². The number of hydrogen-bond acceptors (Lipinski definition) is 2. The molecule has 0 saturated carbocycles. The monoisotopic (exact) mass is 404 g/mol. The summed E-state index contributed by atoms with van der Waals surface area (Å²) >= 11 is 0. The van der Waals surface area contributed by atoms with Crippen molar-refractivity contribution < 1.29 is 0 Å². The number of hydrogen-bond donors (Lipinski definition) is 2. The predicted octanol–water partition coefficient (Wildman–Crippen LogP) is 3.30. The molecular weight excluding hydrogens is 375 g/mol. The summed E-state index contributed by atoms with van der Waals surface area (Å²) in [5, 5.41) is 6.65. The van der Waals surface area contributed by atoms with Crippen molar-refractivity contribution in [3.8, 4) is 0 Å². The van der Waals surface area contributed by atoms with E-state index in [1.54, 1.807) is 0 Å². The van der Waals surface area contributed by atoms with E-state index < -0.39 is 0 Å². The van der Waals surface area contributed by atoms with Gasteiger partial charge in [0.25, 0.3) is 0 Å². The van der Waals surface area contributed by atoms with Crippen LogP contribution in [-0.2, 0) is 6.42 Å². The Labute approximate surface area is 146 Å². The standard InChI is InChI=1S/C16H28N4.HI/c1-4-6-7-11-18-16(17-5-2)19-12-10-15-9-8-14(3)20-13-15;/h8-9,13H,4-7,10-12H2,1-3H3,(H2,17,18,19);1H. The molecule has 1 rings (SSSR count). The molecule has 21 heavy (non-hydrogen) atoms. The summed E-state index contributed by atoms with van der Waals surface area (Å²) in [7, 11) is 0. The van der Waals surface area contributed by atoms with Crippen molar-refractivity contribution in [1.82, 2.24) is 15.6 Å². The molecule has 0 spiro atoms. The predicted molar refractivity (Wildman–Crippen MR) is 102 cm³/mol. The van der Waals surface area contributed by atoms with Gasteiger partial charge < -0.3 is 10.6 Å². The summed E-state index contributed by atoms with van der Waals surface area (Å²) in [5.41, 5.74) is 2.32. The van der Waals surface area contributed by atoms with Crippen molar-refractivity contribution >= 4 is 29.9 Å². The maximum absolute atomic E-state index is 4.58. The highest BCUT2D eigenvalue weighted by atomic mass is 127. The van der Waals surface area contributed by atoms with Gasteiger partial charge in [-0.2, -0.15) is 0 Å². The van der Waals surface area contributed by atoms with Crippen LogP contribution in [0.5, 0.6) is 0 Å². The zero-order valence-corrected chi connectivity index (χ0v) is 15.8. The second-order valence-corrected chi connectivity index (χ2v) is 4.95. The molecule has 0 saturated heterocycles. The SMILES string of the molecule is CCCCCN=C(NCC)NCCc1ccc(C)nc1.I. The number of halogens is 1. The zero-order chi connectivity index (χ0) is 14.6.